The Bertz CT molecular complexity index is 932. The molecule has 1 atom stereocenters. The van der Waals surface area contributed by atoms with Crippen LogP contribution in [0.4, 0.5) is 0 Å². The molecule has 1 N–H and O–H groups in total. The first kappa shape index (κ1) is 28.6. The summed E-state index contributed by atoms with van der Waals surface area (Å²) < 4.78 is 2.38. The third kappa shape index (κ3) is 7.96. The van der Waals surface area contributed by atoms with Crippen LogP contribution in [0.1, 0.15) is 77.2 Å². The highest BCUT2D eigenvalue weighted by molar-refractivity contribution is 7.99. The van der Waals surface area contributed by atoms with E-state index in [1.165, 1.54) is 47.6 Å². The zero-order chi connectivity index (χ0) is 24.9. The molecule has 1 aliphatic rings. The molecule has 1 aliphatic heterocycles. The van der Waals surface area contributed by atoms with Gasteiger partial charge < -0.3 is 9.88 Å². The van der Waals surface area contributed by atoms with Crippen molar-refractivity contribution in [1.82, 2.24) is 19.9 Å². The number of thiazole rings is 1. The van der Waals surface area contributed by atoms with E-state index in [1.807, 2.05) is 25.4 Å². The lowest BCUT2D eigenvalue weighted by molar-refractivity contribution is 0.415. The zero-order valence-electron chi connectivity index (χ0n) is 22.1. The van der Waals surface area contributed by atoms with Crippen molar-refractivity contribution in [2.75, 3.05) is 18.6 Å². The van der Waals surface area contributed by atoms with Gasteiger partial charge in [0, 0.05) is 23.8 Å². The highest BCUT2D eigenvalue weighted by atomic mass is 32.2. The maximum atomic E-state index is 5.06. The van der Waals surface area contributed by atoms with Crippen molar-refractivity contribution < 1.29 is 0 Å². The lowest BCUT2D eigenvalue weighted by Crippen LogP contribution is -2.19. The Morgan fingerprint density at radius 2 is 2.00 bits per heavy atom. The number of aromatic nitrogens is 3. The molecule has 4 nitrogen and oxygen atoms in total. The topological polar surface area (TPSA) is 42.7 Å². The second-order valence-electron chi connectivity index (χ2n) is 8.98. The first-order valence-corrected chi connectivity index (χ1v) is 14.8. The number of nitrogens with zero attached hydrogens (tertiary/aromatic N) is 3. The molecule has 0 amide bonds. The van der Waals surface area contributed by atoms with E-state index >= 15 is 0 Å². The van der Waals surface area contributed by atoms with Gasteiger partial charge in [-0.15, -0.1) is 11.3 Å². The number of hydrogen-bond donors (Lipinski definition) is 1. The minimum atomic E-state index is 0.0626. The molecule has 2 aromatic heterocycles. The maximum Gasteiger partial charge on any atom is 0.169 e. The molecule has 0 bridgehead atoms. The Labute approximate surface area is 216 Å². The summed E-state index contributed by atoms with van der Waals surface area (Å²) in [5.41, 5.74) is 4.95. The van der Waals surface area contributed by atoms with E-state index in [9.17, 15) is 0 Å². The largest absolute Gasteiger partial charge is 0.326 e. The molecule has 0 saturated carbocycles. The minimum absolute atomic E-state index is 0.0626. The van der Waals surface area contributed by atoms with E-state index < -0.39 is 0 Å². The van der Waals surface area contributed by atoms with E-state index in [0.717, 1.165) is 41.8 Å². The highest BCUT2D eigenvalue weighted by Crippen LogP contribution is 2.33. The Morgan fingerprint density at radius 3 is 2.62 bits per heavy atom. The number of aryl methyl sites for hydroxylation is 1. The summed E-state index contributed by atoms with van der Waals surface area (Å²) in [6.45, 7) is 15.8. The van der Waals surface area contributed by atoms with Crippen molar-refractivity contribution in [2.45, 2.75) is 79.3 Å². The molecule has 1 saturated heterocycles. The minimum Gasteiger partial charge on any atom is -0.326 e. The second kappa shape index (κ2) is 15.4. The summed E-state index contributed by atoms with van der Waals surface area (Å²) in [5.74, 6) is 4.32. The number of thioether (sulfide) groups is 1. The van der Waals surface area contributed by atoms with Gasteiger partial charge in [0.1, 0.15) is 0 Å². The van der Waals surface area contributed by atoms with Gasteiger partial charge in [0.15, 0.2) is 10.8 Å². The fourth-order valence-corrected chi connectivity index (χ4v) is 6.26. The van der Waals surface area contributed by atoms with Crippen LogP contribution in [0.25, 0.3) is 10.8 Å². The predicted octanol–water partition coefficient (Wildman–Crippen LogP) is 7.99. The molecule has 0 aromatic carbocycles. The standard InChI is InChI=1S/C25H36N4S2.C3H8/c1-6-8-10-21(18(3)9-7-2)23(26-5)22-17-31-25(28-22)24-27-15-19(4)29(24)16-20-11-13-30-14-12-20;1-3-2/h6,8,10,15,17,20,23,26H,1,7,9,11-14,16H2,2-5H3;3H2,1-2H3/b10-8-,21-18-;. The molecule has 188 valence electrons. The van der Waals surface area contributed by atoms with Gasteiger partial charge in [-0.3, -0.25) is 0 Å². The first-order valence-electron chi connectivity index (χ1n) is 12.7. The summed E-state index contributed by atoms with van der Waals surface area (Å²) >= 11 is 3.78. The van der Waals surface area contributed by atoms with E-state index in [-0.39, 0.29) is 6.04 Å². The Balaban J connectivity index is 0.00000129. The van der Waals surface area contributed by atoms with Crippen LogP contribution in [0, 0.1) is 12.8 Å². The van der Waals surface area contributed by atoms with E-state index in [4.69, 9.17) is 9.97 Å². The number of imidazole rings is 1. The number of rotatable bonds is 10. The summed E-state index contributed by atoms with van der Waals surface area (Å²) in [7, 11) is 2.01. The van der Waals surface area contributed by atoms with Crippen LogP contribution in [0.2, 0.25) is 0 Å². The van der Waals surface area contributed by atoms with Gasteiger partial charge >= 0.3 is 0 Å². The fourth-order valence-electron chi connectivity index (χ4n) is 4.21. The summed E-state index contributed by atoms with van der Waals surface area (Å²) in [6.07, 6.45) is 14.1. The van der Waals surface area contributed by atoms with Gasteiger partial charge in [0.05, 0.1) is 11.7 Å². The maximum absolute atomic E-state index is 5.06. The molecule has 6 heteroatoms. The number of likely N-dealkylation sites (N-methyl/N-ethyl adjacent to an activating group) is 1. The number of hydrogen-bond acceptors (Lipinski definition) is 5. The van der Waals surface area contributed by atoms with Crippen molar-refractivity contribution >= 4 is 23.1 Å². The molecular weight excluding hydrogens is 456 g/mol. The Hall–Kier alpha value is -1.63. The third-order valence-electron chi connectivity index (χ3n) is 5.98. The van der Waals surface area contributed by atoms with Gasteiger partial charge in [-0.2, -0.15) is 11.8 Å². The predicted molar refractivity (Wildman–Crippen MR) is 153 cm³/mol. The molecule has 3 heterocycles. The molecule has 1 fully saturated rings. The van der Waals surface area contributed by atoms with E-state index in [0.29, 0.717) is 0 Å². The van der Waals surface area contributed by atoms with Gasteiger partial charge in [-0.25, -0.2) is 9.97 Å². The van der Waals surface area contributed by atoms with Gasteiger partial charge in [-0.1, -0.05) is 64.0 Å². The first-order chi connectivity index (χ1) is 16.5. The SMILES string of the molecule is C=C/C=C\C(=C(/C)CCC)C(NC)c1csc(-c2ncc(C)n2CC2CCSCC2)n1.CCC. The molecule has 34 heavy (non-hydrogen) atoms. The van der Waals surface area contributed by atoms with Crippen molar-refractivity contribution in [3.05, 3.63) is 58.9 Å². The molecular formula is C28H44N4S2. The van der Waals surface area contributed by atoms with Crippen LogP contribution >= 0.6 is 23.1 Å². The average molecular weight is 501 g/mol. The van der Waals surface area contributed by atoms with Crippen molar-refractivity contribution in [2.24, 2.45) is 5.92 Å². The molecule has 3 rings (SSSR count). The molecule has 0 spiro atoms. The summed E-state index contributed by atoms with van der Waals surface area (Å²) in [5, 5.41) is 6.68. The lowest BCUT2D eigenvalue weighted by Gasteiger charge is -2.23. The van der Waals surface area contributed by atoms with Crippen molar-refractivity contribution in [3.8, 4) is 10.8 Å². The van der Waals surface area contributed by atoms with Crippen LogP contribution in [0.3, 0.4) is 0 Å². The van der Waals surface area contributed by atoms with Crippen LogP contribution in [0.15, 0.2) is 47.5 Å². The quantitative estimate of drug-likeness (QED) is 0.336. The molecule has 0 radical (unpaired) electrons. The molecule has 2 aromatic rings. The highest BCUT2D eigenvalue weighted by Gasteiger charge is 2.22. The monoisotopic (exact) mass is 500 g/mol. The second-order valence-corrected chi connectivity index (χ2v) is 11.1. The van der Waals surface area contributed by atoms with Gasteiger partial charge in [0.2, 0.25) is 0 Å². The van der Waals surface area contributed by atoms with Gasteiger partial charge in [-0.05, 0) is 63.2 Å². The molecule has 0 aliphatic carbocycles. The van der Waals surface area contributed by atoms with E-state index in [1.54, 1.807) is 11.3 Å². The lowest BCUT2D eigenvalue weighted by atomic mass is 9.96. The van der Waals surface area contributed by atoms with Crippen molar-refractivity contribution in [3.63, 3.8) is 0 Å². The Morgan fingerprint density at radius 1 is 1.29 bits per heavy atom. The smallest absolute Gasteiger partial charge is 0.169 e. The van der Waals surface area contributed by atoms with Gasteiger partial charge in [0.25, 0.3) is 0 Å². The number of nitrogens with one attached hydrogen (secondary N) is 1. The fraction of sp³-hybridized carbons (Fsp3) is 0.571. The van der Waals surface area contributed by atoms with Crippen LogP contribution in [0.5, 0.6) is 0 Å². The Kier molecular flexibility index (Phi) is 12.9. The van der Waals surface area contributed by atoms with E-state index in [2.05, 4.69) is 74.3 Å². The van der Waals surface area contributed by atoms with Crippen LogP contribution in [-0.2, 0) is 6.54 Å². The van der Waals surface area contributed by atoms with Crippen LogP contribution in [-0.4, -0.2) is 33.1 Å². The zero-order valence-corrected chi connectivity index (χ0v) is 23.7. The normalized spacial score (nSPS) is 16.2. The average Bonchev–Trinajstić information content (AvgIpc) is 3.45. The molecule has 1 unspecified atom stereocenters. The third-order valence-corrected chi connectivity index (χ3v) is 7.88. The summed E-state index contributed by atoms with van der Waals surface area (Å²) in [6, 6.07) is 0.0626. The van der Waals surface area contributed by atoms with Crippen molar-refractivity contribution in [1.29, 1.82) is 0 Å². The number of allylic oxidation sites excluding steroid dienone is 3. The van der Waals surface area contributed by atoms with Crippen LogP contribution < -0.4 is 5.32 Å². The summed E-state index contributed by atoms with van der Waals surface area (Å²) in [4.78, 5) is 9.82.